The normalized spacial score (nSPS) is 18.0. The van der Waals surface area contributed by atoms with E-state index in [-0.39, 0.29) is 18.2 Å². The molecule has 112 valence electrons. The van der Waals surface area contributed by atoms with Crippen LogP contribution >= 0.6 is 0 Å². The molecule has 0 aliphatic carbocycles. The molecule has 1 aromatic rings. The molecule has 1 saturated heterocycles. The predicted molar refractivity (Wildman–Crippen MR) is 76.9 cm³/mol. The van der Waals surface area contributed by atoms with Crippen LogP contribution in [0.2, 0.25) is 0 Å². The van der Waals surface area contributed by atoms with Crippen molar-refractivity contribution >= 4 is 12.1 Å². The summed E-state index contributed by atoms with van der Waals surface area (Å²) in [6.07, 6.45) is -0.695. The second kappa shape index (κ2) is 6.43. The lowest BCUT2D eigenvalue weighted by Gasteiger charge is -2.22. The summed E-state index contributed by atoms with van der Waals surface area (Å²) in [5, 5.41) is 0. The van der Waals surface area contributed by atoms with Gasteiger partial charge in [0.15, 0.2) is 6.23 Å². The molecule has 0 N–H and O–H groups in total. The number of nitrogens with zero attached hydrogens (tertiary/aromatic N) is 1. The van der Waals surface area contributed by atoms with Crippen molar-refractivity contribution in [2.75, 3.05) is 0 Å². The highest BCUT2D eigenvalue weighted by atomic mass is 16.6. The molecule has 5 heteroatoms. The molecule has 2 rings (SSSR count). The van der Waals surface area contributed by atoms with Crippen LogP contribution in [0.1, 0.15) is 25.8 Å². The monoisotopic (exact) mass is 289 g/mol. The summed E-state index contributed by atoms with van der Waals surface area (Å²) >= 11 is 0. The third-order valence-corrected chi connectivity index (χ3v) is 3.13. The molecule has 21 heavy (non-hydrogen) atoms. The highest BCUT2D eigenvalue weighted by molar-refractivity contribution is 5.94. The Balaban J connectivity index is 2.01. The van der Waals surface area contributed by atoms with Crippen LogP contribution in [0.15, 0.2) is 42.6 Å². The number of amides is 1. The Labute approximate surface area is 124 Å². The van der Waals surface area contributed by atoms with Gasteiger partial charge in [-0.1, -0.05) is 50.8 Å². The number of carbonyl (C=O) groups excluding carboxylic acids is 2. The second-order valence-corrected chi connectivity index (χ2v) is 5.35. The van der Waals surface area contributed by atoms with Gasteiger partial charge in [-0.05, 0) is 11.5 Å². The van der Waals surface area contributed by atoms with Gasteiger partial charge in [-0.25, -0.2) is 14.5 Å². The van der Waals surface area contributed by atoms with Gasteiger partial charge in [0.2, 0.25) is 0 Å². The van der Waals surface area contributed by atoms with Crippen molar-refractivity contribution in [1.29, 1.82) is 0 Å². The van der Waals surface area contributed by atoms with Gasteiger partial charge >= 0.3 is 12.1 Å². The lowest BCUT2D eigenvalue weighted by Crippen LogP contribution is -2.36. The van der Waals surface area contributed by atoms with E-state index in [0.29, 0.717) is 6.42 Å². The molecule has 1 aliphatic rings. The highest BCUT2D eigenvalue weighted by Gasteiger charge is 2.40. The topological polar surface area (TPSA) is 55.8 Å². The van der Waals surface area contributed by atoms with E-state index in [9.17, 15) is 9.59 Å². The first-order valence-corrected chi connectivity index (χ1v) is 6.89. The molecule has 1 amide bonds. The van der Waals surface area contributed by atoms with Gasteiger partial charge in [0, 0.05) is 6.42 Å². The molecule has 0 bridgehead atoms. The molecule has 1 aromatic carbocycles. The lowest BCUT2D eigenvalue weighted by atomic mass is 10.1. The van der Waals surface area contributed by atoms with Gasteiger partial charge in [0.25, 0.3) is 0 Å². The summed E-state index contributed by atoms with van der Waals surface area (Å²) in [4.78, 5) is 25.0. The van der Waals surface area contributed by atoms with Crippen molar-refractivity contribution in [1.82, 2.24) is 4.90 Å². The zero-order valence-corrected chi connectivity index (χ0v) is 12.2. The fourth-order valence-corrected chi connectivity index (χ4v) is 2.09. The number of cyclic esters (lactones) is 1. The van der Waals surface area contributed by atoms with Crippen molar-refractivity contribution in [3.8, 4) is 0 Å². The van der Waals surface area contributed by atoms with Gasteiger partial charge in [-0.15, -0.1) is 0 Å². The molecule has 0 aromatic heterocycles. The summed E-state index contributed by atoms with van der Waals surface area (Å²) in [5.41, 5.74) is 0.905. The minimum atomic E-state index is -0.631. The maximum absolute atomic E-state index is 12.2. The molecule has 0 saturated carbocycles. The Hall–Kier alpha value is -2.30. The van der Waals surface area contributed by atoms with E-state index in [0.717, 1.165) is 5.56 Å². The maximum atomic E-state index is 12.2. The van der Waals surface area contributed by atoms with Crippen molar-refractivity contribution in [2.24, 2.45) is 5.92 Å². The Morgan fingerprint density at radius 3 is 2.67 bits per heavy atom. The van der Waals surface area contributed by atoms with Crippen LogP contribution in [0, 0.1) is 5.92 Å². The molecule has 0 spiro atoms. The van der Waals surface area contributed by atoms with E-state index in [1.165, 1.54) is 4.90 Å². The van der Waals surface area contributed by atoms with Gasteiger partial charge in [-0.3, -0.25) is 0 Å². The first-order valence-electron chi connectivity index (χ1n) is 6.89. The molecule has 1 aliphatic heterocycles. The quantitative estimate of drug-likeness (QED) is 0.631. The van der Waals surface area contributed by atoms with Crippen molar-refractivity contribution in [3.63, 3.8) is 0 Å². The van der Waals surface area contributed by atoms with Crippen LogP contribution in [0.25, 0.3) is 0 Å². The van der Waals surface area contributed by atoms with Crippen molar-refractivity contribution < 1.29 is 19.1 Å². The summed E-state index contributed by atoms with van der Waals surface area (Å²) < 4.78 is 10.4. The Kier molecular flexibility index (Phi) is 4.62. The minimum Gasteiger partial charge on any atom is -0.444 e. The average molecular weight is 289 g/mol. The first kappa shape index (κ1) is 15.1. The minimum absolute atomic E-state index is 0.0266. The summed E-state index contributed by atoms with van der Waals surface area (Å²) in [7, 11) is 0. The lowest BCUT2D eigenvalue weighted by molar-refractivity contribution is -0.140. The van der Waals surface area contributed by atoms with Gasteiger partial charge in [-0.2, -0.15) is 0 Å². The Morgan fingerprint density at radius 1 is 1.38 bits per heavy atom. The van der Waals surface area contributed by atoms with E-state index in [1.54, 1.807) is 0 Å². The third-order valence-electron chi connectivity index (χ3n) is 3.13. The number of benzene rings is 1. The number of rotatable bonds is 4. The number of hydrogen-bond donors (Lipinski definition) is 0. The van der Waals surface area contributed by atoms with Gasteiger partial charge in [0.05, 0.1) is 0 Å². The standard InChI is InChI=1S/C16H19NO4/c1-11(2)9-14-17(12(3)15(18)21-14)16(19)20-10-13-7-5-4-6-8-13/h4-8,11,14H,3,9-10H2,1-2H3/t14-/m0/s1. The SMILES string of the molecule is C=C1C(=O)O[C@@H](CC(C)C)N1C(=O)OCc1ccccc1. The van der Waals surface area contributed by atoms with E-state index in [1.807, 2.05) is 44.2 Å². The van der Waals surface area contributed by atoms with Crippen LogP contribution in [0.4, 0.5) is 4.79 Å². The molecule has 1 atom stereocenters. The van der Waals surface area contributed by atoms with E-state index in [2.05, 4.69) is 6.58 Å². The molecule has 0 unspecified atom stereocenters. The zero-order chi connectivity index (χ0) is 15.4. The van der Waals surface area contributed by atoms with Crippen LogP contribution < -0.4 is 0 Å². The molecule has 1 heterocycles. The summed E-state index contributed by atoms with van der Waals surface area (Å²) in [6, 6.07) is 9.34. The van der Waals surface area contributed by atoms with Crippen molar-refractivity contribution in [3.05, 3.63) is 48.2 Å². The van der Waals surface area contributed by atoms with E-state index in [4.69, 9.17) is 9.47 Å². The Morgan fingerprint density at radius 2 is 2.05 bits per heavy atom. The Bertz CT molecular complexity index is 538. The summed E-state index contributed by atoms with van der Waals surface area (Å²) in [5.74, 6) is -0.296. The number of carbonyl (C=O) groups is 2. The number of hydrogen-bond acceptors (Lipinski definition) is 4. The molecule has 5 nitrogen and oxygen atoms in total. The number of ether oxygens (including phenoxy) is 2. The highest BCUT2D eigenvalue weighted by Crippen LogP contribution is 2.26. The van der Waals surface area contributed by atoms with Crippen LogP contribution in [-0.2, 0) is 20.9 Å². The van der Waals surface area contributed by atoms with Crippen LogP contribution in [0.3, 0.4) is 0 Å². The average Bonchev–Trinajstić information content (AvgIpc) is 2.71. The van der Waals surface area contributed by atoms with Gasteiger partial charge < -0.3 is 9.47 Å². The zero-order valence-electron chi connectivity index (χ0n) is 12.2. The second-order valence-electron chi connectivity index (χ2n) is 5.35. The molecular formula is C16H19NO4. The van der Waals surface area contributed by atoms with E-state index >= 15 is 0 Å². The van der Waals surface area contributed by atoms with Crippen molar-refractivity contribution in [2.45, 2.75) is 33.1 Å². The molecule has 1 fully saturated rings. The molecular weight excluding hydrogens is 270 g/mol. The van der Waals surface area contributed by atoms with Gasteiger partial charge in [0.1, 0.15) is 12.3 Å². The summed E-state index contributed by atoms with van der Waals surface area (Å²) in [6.45, 7) is 7.72. The fourth-order valence-electron chi connectivity index (χ4n) is 2.09. The molecule has 0 radical (unpaired) electrons. The fraction of sp³-hybridized carbons (Fsp3) is 0.375. The first-order chi connectivity index (χ1) is 9.99. The largest absolute Gasteiger partial charge is 0.444 e. The third kappa shape index (κ3) is 3.62. The smallest absolute Gasteiger partial charge is 0.417 e. The van der Waals surface area contributed by atoms with Crippen LogP contribution in [-0.4, -0.2) is 23.2 Å². The van der Waals surface area contributed by atoms with Crippen LogP contribution in [0.5, 0.6) is 0 Å². The maximum Gasteiger partial charge on any atom is 0.417 e. The van der Waals surface area contributed by atoms with E-state index < -0.39 is 18.3 Å². The number of esters is 1. The predicted octanol–water partition coefficient (Wildman–Crippen LogP) is 3.07.